The second-order valence-electron chi connectivity index (χ2n) is 6.93. The number of rotatable bonds is 7. The molecule has 1 aromatic carbocycles. The number of anilines is 2. The fourth-order valence-electron chi connectivity index (χ4n) is 2.72. The number of nitrogens with zero attached hydrogens (tertiary/aromatic N) is 1. The van der Waals surface area contributed by atoms with Gasteiger partial charge in [-0.3, -0.25) is 19.4 Å². The van der Waals surface area contributed by atoms with E-state index >= 15 is 0 Å². The van der Waals surface area contributed by atoms with Crippen LogP contribution in [0.1, 0.15) is 33.9 Å². The van der Waals surface area contributed by atoms with E-state index in [9.17, 15) is 14.4 Å². The third-order valence-electron chi connectivity index (χ3n) is 4.31. The minimum Gasteiger partial charge on any atom is -0.339 e. The molecule has 3 N–H and O–H groups in total. The van der Waals surface area contributed by atoms with Gasteiger partial charge in [-0.1, -0.05) is 19.9 Å². The summed E-state index contributed by atoms with van der Waals surface area (Å²) in [5, 5.41) is 10.1. The van der Waals surface area contributed by atoms with Crippen LogP contribution in [0.4, 0.5) is 11.4 Å². The lowest BCUT2D eigenvalue weighted by atomic mass is 10.0. The van der Waals surface area contributed by atoms with Gasteiger partial charge in [-0.15, -0.1) is 11.3 Å². The Morgan fingerprint density at radius 1 is 0.900 bits per heavy atom. The molecular formula is C22H22N4O3S. The van der Waals surface area contributed by atoms with Gasteiger partial charge in [0.2, 0.25) is 5.91 Å². The Kier molecular flexibility index (Phi) is 6.92. The largest absolute Gasteiger partial charge is 0.339 e. The Labute approximate surface area is 178 Å². The van der Waals surface area contributed by atoms with Gasteiger partial charge in [0.05, 0.1) is 16.8 Å². The smallest absolute Gasteiger partial charge is 0.262 e. The highest BCUT2D eigenvalue weighted by Gasteiger charge is 2.25. The Morgan fingerprint density at radius 2 is 1.67 bits per heavy atom. The van der Waals surface area contributed by atoms with Crippen LogP contribution in [0.25, 0.3) is 0 Å². The van der Waals surface area contributed by atoms with Gasteiger partial charge >= 0.3 is 0 Å². The first-order valence-corrected chi connectivity index (χ1v) is 10.3. The SMILES string of the molecule is CC(C)C(NC(=O)c1cccs1)C(=O)Nc1ccc(C(=O)Nc2cccnc2)cc1. The molecule has 3 amide bonds. The Morgan fingerprint density at radius 3 is 2.27 bits per heavy atom. The molecule has 154 valence electrons. The molecule has 0 aliphatic heterocycles. The maximum atomic E-state index is 12.7. The molecule has 2 aromatic heterocycles. The van der Waals surface area contributed by atoms with E-state index in [-0.39, 0.29) is 23.6 Å². The molecule has 7 nitrogen and oxygen atoms in total. The number of amides is 3. The van der Waals surface area contributed by atoms with Crippen LogP contribution in [-0.4, -0.2) is 28.7 Å². The Hall–Kier alpha value is -3.52. The van der Waals surface area contributed by atoms with Gasteiger partial charge in [-0.05, 0) is 53.8 Å². The predicted octanol–water partition coefficient (Wildman–Crippen LogP) is 3.79. The molecule has 0 bridgehead atoms. The number of aromatic nitrogens is 1. The highest BCUT2D eigenvalue weighted by atomic mass is 32.1. The number of nitrogens with one attached hydrogen (secondary N) is 3. The molecule has 0 radical (unpaired) electrons. The lowest BCUT2D eigenvalue weighted by molar-refractivity contribution is -0.118. The van der Waals surface area contributed by atoms with Crippen LogP contribution in [-0.2, 0) is 4.79 Å². The normalized spacial score (nSPS) is 11.6. The number of thiophene rings is 1. The lowest BCUT2D eigenvalue weighted by Crippen LogP contribution is -2.46. The molecule has 0 saturated heterocycles. The summed E-state index contributed by atoms with van der Waals surface area (Å²) in [6.07, 6.45) is 3.18. The molecule has 3 aromatic rings. The first-order chi connectivity index (χ1) is 14.4. The third kappa shape index (κ3) is 5.51. The zero-order valence-electron chi connectivity index (χ0n) is 16.6. The summed E-state index contributed by atoms with van der Waals surface area (Å²) in [5.41, 5.74) is 1.58. The van der Waals surface area contributed by atoms with Gasteiger partial charge < -0.3 is 16.0 Å². The summed E-state index contributed by atoms with van der Waals surface area (Å²) < 4.78 is 0. The average Bonchev–Trinajstić information content (AvgIpc) is 3.28. The van der Waals surface area contributed by atoms with Crippen LogP contribution in [0.2, 0.25) is 0 Å². The summed E-state index contributed by atoms with van der Waals surface area (Å²) in [5.74, 6) is -0.966. The first-order valence-electron chi connectivity index (χ1n) is 9.40. The van der Waals surface area contributed by atoms with Gasteiger partial charge in [-0.25, -0.2) is 0 Å². The minimum atomic E-state index is -0.687. The zero-order chi connectivity index (χ0) is 21.5. The summed E-state index contributed by atoms with van der Waals surface area (Å²) in [4.78, 5) is 41.8. The molecule has 0 spiro atoms. The molecule has 0 aliphatic carbocycles. The monoisotopic (exact) mass is 422 g/mol. The van der Waals surface area contributed by atoms with E-state index in [1.54, 1.807) is 60.9 Å². The molecule has 1 atom stereocenters. The van der Waals surface area contributed by atoms with Crippen molar-refractivity contribution in [2.24, 2.45) is 5.92 Å². The van der Waals surface area contributed by atoms with Crippen LogP contribution >= 0.6 is 11.3 Å². The maximum absolute atomic E-state index is 12.7. The predicted molar refractivity (Wildman–Crippen MR) is 118 cm³/mol. The molecule has 8 heteroatoms. The van der Waals surface area contributed by atoms with Gasteiger partial charge in [0.15, 0.2) is 0 Å². The number of carbonyl (C=O) groups excluding carboxylic acids is 3. The van der Waals surface area contributed by atoms with Gasteiger partial charge in [0.1, 0.15) is 6.04 Å². The second kappa shape index (κ2) is 9.80. The van der Waals surface area contributed by atoms with E-state index in [1.807, 2.05) is 19.2 Å². The van der Waals surface area contributed by atoms with Crippen LogP contribution in [0.5, 0.6) is 0 Å². The fourth-order valence-corrected chi connectivity index (χ4v) is 3.35. The van der Waals surface area contributed by atoms with Crippen molar-refractivity contribution >= 4 is 40.4 Å². The summed E-state index contributed by atoms with van der Waals surface area (Å²) >= 11 is 1.32. The van der Waals surface area contributed by atoms with E-state index in [0.717, 1.165) is 0 Å². The molecule has 0 aliphatic rings. The zero-order valence-corrected chi connectivity index (χ0v) is 17.4. The number of hydrogen-bond acceptors (Lipinski definition) is 5. The molecule has 1 unspecified atom stereocenters. The first kappa shape index (κ1) is 21.2. The van der Waals surface area contributed by atoms with Gasteiger partial charge in [-0.2, -0.15) is 0 Å². The Balaban J connectivity index is 1.62. The average molecular weight is 423 g/mol. The quantitative estimate of drug-likeness (QED) is 0.539. The van der Waals surface area contributed by atoms with E-state index < -0.39 is 6.04 Å². The molecular weight excluding hydrogens is 400 g/mol. The summed E-state index contributed by atoms with van der Waals surface area (Å²) in [6, 6.07) is 12.8. The van der Waals surface area contributed by atoms with E-state index in [0.29, 0.717) is 21.8 Å². The standard InChI is InChI=1S/C22H22N4O3S/c1-14(2)19(26-21(28)18-6-4-12-30-18)22(29)24-16-9-7-15(8-10-16)20(27)25-17-5-3-11-23-13-17/h3-14,19H,1-2H3,(H,24,29)(H,25,27)(H,26,28). The number of pyridine rings is 1. The summed E-state index contributed by atoms with van der Waals surface area (Å²) in [7, 11) is 0. The van der Waals surface area contributed by atoms with Crippen molar-refractivity contribution in [3.8, 4) is 0 Å². The number of benzene rings is 1. The number of carbonyl (C=O) groups is 3. The van der Waals surface area contributed by atoms with Crippen molar-refractivity contribution in [2.75, 3.05) is 10.6 Å². The van der Waals surface area contributed by atoms with E-state index in [2.05, 4.69) is 20.9 Å². The van der Waals surface area contributed by atoms with E-state index in [1.165, 1.54) is 11.3 Å². The van der Waals surface area contributed by atoms with Crippen LogP contribution in [0.15, 0.2) is 66.3 Å². The van der Waals surface area contributed by atoms with Gasteiger partial charge in [0.25, 0.3) is 11.8 Å². The third-order valence-corrected chi connectivity index (χ3v) is 5.18. The highest BCUT2D eigenvalue weighted by Crippen LogP contribution is 2.15. The van der Waals surface area contributed by atoms with Gasteiger partial charge in [0, 0.05) is 17.4 Å². The molecule has 3 rings (SSSR count). The van der Waals surface area contributed by atoms with E-state index in [4.69, 9.17) is 0 Å². The molecule has 2 heterocycles. The molecule has 30 heavy (non-hydrogen) atoms. The van der Waals surface area contributed by atoms with Crippen LogP contribution in [0.3, 0.4) is 0 Å². The minimum absolute atomic E-state index is 0.0987. The highest BCUT2D eigenvalue weighted by molar-refractivity contribution is 7.12. The van der Waals surface area contributed by atoms with Crippen molar-refractivity contribution in [1.29, 1.82) is 0 Å². The topological polar surface area (TPSA) is 100 Å². The van der Waals surface area contributed by atoms with Crippen LogP contribution < -0.4 is 16.0 Å². The van der Waals surface area contributed by atoms with Crippen molar-refractivity contribution in [3.63, 3.8) is 0 Å². The van der Waals surface area contributed by atoms with Crippen molar-refractivity contribution in [2.45, 2.75) is 19.9 Å². The fraction of sp³-hybridized carbons (Fsp3) is 0.182. The molecule has 0 fully saturated rings. The van der Waals surface area contributed by atoms with Crippen LogP contribution in [0, 0.1) is 5.92 Å². The van der Waals surface area contributed by atoms with Crippen molar-refractivity contribution < 1.29 is 14.4 Å². The number of hydrogen-bond donors (Lipinski definition) is 3. The lowest BCUT2D eigenvalue weighted by Gasteiger charge is -2.21. The summed E-state index contributed by atoms with van der Waals surface area (Å²) in [6.45, 7) is 3.73. The van der Waals surface area contributed by atoms with Crippen molar-refractivity contribution in [1.82, 2.24) is 10.3 Å². The second-order valence-corrected chi connectivity index (χ2v) is 7.88. The maximum Gasteiger partial charge on any atom is 0.262 e. The molecule has 0 saturated carbocycles. The Bertz CT molecular complexity index is 1000. The van der Waals surface area contributed by atoms with Crippen molar-refractivity contribution in [3.05, 3.63) is 76.7 Å².